The van der Waals surface area contributed by atoms with E-state index in [1.165, 1.54) is 6.07 Å². The predicted octanol–water partition coefficient (Wildman–Crippen LogP) is 4.10. The minimum atomic E-state index is -0.420. The van der Waals surface area contributed by atoms with E-state index < -0.39 is 5.82 Å². The van der Waals surface area contributed by atoms with Gasteiger partial charge in [0.15, 0.2) is 0 Å². The lowest BCUT2D eigenvalue weighted by molar-refractivity contribution is 0.405. The fourth-order valence-corrected chi connectivity index (χ4v) is 2.54. The fourth-order valence-electron chi connectivity index (χ4n) is 2.30. The average molecular weight is 294 g/mol. The van der Waals surface area contributed by atoms with Crippen LogP contribution in [-0.2, 0) is 0 Å². The summed E-state index contributed by atoms with van der Waals surface area (Å²) < 4.78 is 19.1. The molecule has 0 saturated heterocycles. The SMILES string of the molecule is CNC(c1cc(C)ccc1OC)c1cccc(F)c1Cl. The molecule has 0 aromatic heterocycles. The van der Waals surface area contributed by atoms with Crippen LogP contribution in [0.4, 0.5) is 4.39 Å². The maximum atomic E-state index is 13.7. The second-order valence-corrected chi connectivity index (χ2v) is 4.99. The zero-order valence-corrected chi connectivity index (χ0v) is 12.5. The highest BCUT2D eigenvalue weighted by molar-refractivity contribution is 6.31. The van der Waals surface area contributed by atoms with E-state index in [1.807, 2.05) is 38.2 Å². The van der Waals surface area contributed by atoms with Crippen molar-refractivity contribution in [2.24, 2.45) is 0 Å². The molecule has 0 saturated carbocycles. The number of benzene rings is 2. The molecule has 2 nitrogen and oxygen atoms in total. The molecule has 2 aromatic carbocycles. The third-order valence-electron chi connectivity index (χ3n) is 3.28. The second-order valence-electron chi connectivity index (χ2n) is 4.61. The molecule has 1 N–H and O–H groups in total. The molecule has 0 spiro atoms. The average Bonchev–Trinajstić information content (AvgIpc) is 2.44. The predicted molar refractivity (Wildman–Crippen MR) is 80.0 cm³/mol. The van der Waals surface area contributed by atoms with Crippen molar-refractivity contribution >= 4 is 11.6 Å². The Bertz CT molecular complexity index is 615. The maximum Gasteiger partial charge on any atom is 0.142 e. The lowest BCUT2D eigenvalue weighted by Gasteiger charge is -2.21. The van der Waals surface area contributed by atoms with Crippen molar-refractivity contribution in [1.82, 2.24) is 5.32 Å². The van der Waals surface area contributed by atoms with Gasteiger partial charge in [0.25, 0.3) is 0 Å². The van der Waals surface area contributed by atoms with Crippen molar-refractivity contribution in [3.8, 4) is 5.75 Å². The molecule has 1 unspecified atom stereocenters. The quantitative estimate of drug-likeness (QED) is 0.916. The normalized spacial score (nSPS) is 12.2. The molecule has 0 aliphatic heterocycles. The summed E-state index contributed by atoms with van der Waals surface area (Å²) in [6, 6.07) is 10.5. The van der Waals surface area contributed by atoms with Gasteiger partial charge in [-0.25, -0.2) is 4.39 Å². The first-order chi connectivity index (χ1) is 9.58. The monoisotopic (exact) mass is 293 g/mol. The number of methoxy groups -OCH3 is 1. The molecule has 0 amide bonds. The Morgan fingerprint density at radius 1 is 1.20 bits per heavy atom. The first-order valence-corrected chi connectivity index (χ1v) is 6.72. The Morgan fingerprint density at radius 2 is 1.95 bits per heavy atom. The standard InChI is InChI=1S/C16H17ClFNO/c1-10-7-8-14(20-3)12(9-10)16(19-2)11-5-4-6-13(18)15(11)17/h4-9,16,19H,1-3H3. The molecule has 1 atom stereocenters. The van der Waals surface area contributed by atoms with Gasteiger partial charge in [0, 0.05) is 5.56 Å². The van der Waals surface area contributed by atoms with Crippen LogP contribution in [0.3, 0.4) is 0 Å². The molecule has 0 heterocycles. The van der Waals surface area contributed by atoms with Gasteiger partial charge in [-0.1, -0.05) is 41.4 Å². The van der Waals surface area contributed by atoms with E-state index in [0.29, 0.717) is 5.56 Å². The van der Waals surface area contributed by atoms with Gasteiger partial charge in [0.2, 0.25) is 0 Å². The van der Waals surface area contributed by atoms with Crippen LogP contribution < -0.4 is 10.1 Å². The molecule has 2 rings (SSSR count). The number of ether oxygens (including phenoxy) is 1. The van der Waals surface area contributed by atoms with Crippen molar-refractivity contribution in [1.29, 1.82) is 0 Å². The van der Waals surface area contributed by atoms with Crippen LogP contribution in [0, 0.1) is 12.7 Å². The molecular weight excluding hydrogens is 277 g/mol. The minimum absolute atomic E-state index is 0.135. The van der Waals surface area contributed by atoms with Crippen molar-refractivity contribution < 1.29 is 9.13 Å². The van der Waals surface area contributed by atoms with Gasteiger partial charge in [0.1, 0.15) is 11.6 Å². The van der Waals surface area contributed by atoms with Crippen LogP contribution in [0.2, 0.25) is 5.02 Å². The van der Waals surface area contributed by atoms with Crippen LogP contribution >= 0.6 is 11.6 Å². The summed E-state index contributed by atoms with van der Waals surface area (Å²) >= 11 is 6.10. The maximum absolute atomic E-state index is 13.7. The first-order valence-electron chi connectivity index (χ1n) is 6.34. The fraction of sp³-hybridized carbons (Fsp3) is 0.250. The van der Waals surface area contributed by atoms with Crippen molar-refractivity contribution in [3.05, 3.63) is 63.9 Å². The Kier molecular flexibility index (Phi) is 4.63. The molecule has 2 aromatic rings. The van der Waals surface area contributed by atoms with E-state index in [0.717, 1.165) is 16.9 Å². The highest BCUT2D eigenvalue weighted by atomic mass is 35.5. The largest absolute Gasteiger partial charge is 0.496 e. The smallest absolute Gasteiger partial charge is 0.142 e. The van der Waals surface area contributed by atoms with Crippen molar-refractivity contribution in [2.45, 2.75) is 13.0 Å². The van der Waals surface area contributed by atoms with Crippen molar-refractivity contribution in [2.75, 3.05) is 14.2 Å². The molecule has 0 aliphatic rings. The third-order valence-corrected chi connectivity index (χ3v) is 3.68. The van der Waals surface area contributed by atoms with Crippen LogP contribution in [-0.4, -0.2) is 14.2 Å². The lowest BCUT2D eigenvalue weighted by Crippen LogP contribution is -2.19. The summed E-state index contributed by atoms with van der Waals surface area (Å²) in [7, 11) is 3.43. The van der Waals surface area contributed by atoms with E-state index in [9.17, 15) is 4.39 Å². The molecular formula is C16H17ClFNO. The molecule has 20 heavy (non-hydrogen) atoms. The van der Waals surface area contributed by atoms with E-state index >= 15 is 0 Å². The molecule has 0 aliphatic carbocycles. The zero-order chi connectivity index (χ0) is 14.7. The van der Waals surface area contributed by atoms with Crippen LogP contribution in [0.25, 0.3) is 0 Å². The number of aryl methyl sites for hydroxylation is 1. The first kappa shape index (κ1) is 14.8. The van der Waals surface area contributed by atoms with Gasteiger partial charge in [-0.3, -0.25) is 0 Å². The Hall–Kier alpha value is -1.58. The molecule has 0 fully saturated rings. The third kappa shape index (κ3) is 2.79. The molecule has 106 valence electrons. The number of halogens is 2. The highest BCUT2D eigenvalue weighted by Gasteiger charge is 2.20. The summed E-state index contributed by atoms with van der Waals surface area (Å²) in [6.07, 6.45) is 0. The van der Waals surface area contributed by atoms with E-state index in [2.05, 4.69) is 5.32 Å². The summed E-state index contributed by atoms with van der Waals surface area (Å²) in [5.74, 6) is 0.325. The van der Waals surface area contributed by atoms with Crippen molar-refractivity contribution in [3.63, 3.8) is 0 Å². The minimum Gasteiger partial charge on any atom is -0.496 e. The van der Waals surface area contributed by atoms with Gasteiger partial charge in [-0.15, -0.1) is 0 Å². The highest BCUT2D eigenvalue weighted by Crippen LogP contribution is 2.34. The number of nitrogens with one attached hydrogen (secondary N) is 1. The summed E-state index contributed by atoms with van der Waals surface area (Å²) in [5.41, 5.74) is 2.73. The molecule has 0 bridgehead atoms. The Morgan fingerprint density at radius 3 is 2.60 bits per heavy atom. The van der Waals surface area contributed by atoms with Gasteiger partial charge >= 0.3 is 0 Å². The molecule has 4 heteroatoms. The van der Waals surface area contributed by atoms with Gasteiger partial charge < -0.3 is 10.1 Å². The van der Waals surface area contributed by atoms with E-state index in [-0.39, 0.29) is 11.1 Å². The van der Waals surface area contributed by atoms with Gasteiger partial charge in [-0.05, 0) is 31.7 Å². The van der Waals surface area contributed by atoms with E-state index in [1.54, 1.807) is 13.2 Å². The summed E-state index contributed by atoms with van der Waals surface area (Å²) in [5, 5.41) is 3.31. The number of hydrogen-bond acceptors (Lipinski definition) is 2. The van der Waals surface area contributed by atoms with Gasteiger partial charge in [0.05, 0.1) is 18.2 Å². The van der Waals surface area contributed by atoms with E-state index in [4.69, 9.17) is 16.3 Å². The Balaban J connectivity index is 2.58. The van der Waals surface area contributed by atoms with Crippen LogP contribution in [0.5, 0.6) is 5.75 Å². The molecule has 0 radical (unpaired) electrons. The van der Waals surface area contributed by atoms with Crippen LogP contribution in [0.15, 0.2) is 36.4 Å². The summed E-state index contributed by atoms with van der Waals surface area (Å²) in [4.78, 5) is 0. The summed E-state index contributed by atoms with van der Waals surface area (Å²) in [6.45, 7) is 2.00. The lowest BCUT2D eigenvalue weighted by atomic mass is 9.96. The number of rotatable bonds is 4. The number of hydrogen-bond donors (Lipinski definition) is 1. The Labute approximate surface area is 123 Å². The van der Waals surface area contributed by atoms with Crippen LogP contribution in [0.1, 0.15) is 22.7 Å². The second kappa shape index (κ2) is 6.25. The zero-order valence-electron chi connectivity index (χ0n) is 11.7. The van der Waals surface area contributed by atoms with Gasteiger partial charge in [-0.2, -0.15) is 0 Å². The topological polar surface area (TPSA) is 21.3 Å².